The van der Waals surface area contributed by atoms with Gasteiger partial charge in [-0.2, -0.15) is 0 Å². The fraction of sp³-hybridized carbons (Fsp3) is 0.471. The fourth-order valence-electron chi connectivity index (χ4n) is 2.42. The van der Waals surface area contributed by atoms with E-state index in [4.69, 9.17) is 4.74 Å². The Morgan fingerprint density at radius 3 is 2.74 bits per heavy atom. The highest BCUT2D eigenvalue weighted by molar-refractivity contribution is 5.82. The number of unbranched alkanes of at least 4 members (excludes halogenated alkanes) is 4. The third-order valence-corrected chi connectivity index (χ3v) is 3.55. The molecular formula is C17H22O2. The molecule has 0 amide bonds. The molecule has 1 aliphatic rings. The maximum Gasteiger partial charge on any atom is 0.318 e. The first-order valence-corrected chi connectivity index (χ1v) is 7.27. The van der Waals surface area contributed by atoms with Crippen LogP contribution in [0.15, 0.2) is 42.2 Å². The minimum Gasteiger partial charge on any atom is -0.431 e. The predicted molar refractivity (Wildman–Crippen MR) is 76.7 cm³/mol. The quantitative estimate of drug-likeness (QED) is 0.552. The topological polar surface area (TPSA) is 26.3 Å². The molecule has 0 N–H and O–H groups in total. The zero-order chi connectivity index (χ0) is 13.5. The van der Waals surface area contributed by atoms with Crippen LogP contribution in [0.1, 0.15) is 56.9 Å². The van der Waals surface area contributed by atoms with Crippen LogP contribution in [0, 0.1) is 0 Å². The Morgan fingerprint density at radius 1 is 1.21 bits per heavy atom. The van der Waals surface area contributed by atoms with Crippen molar-refractivity contribution in [1.29, 1.82) is 0 Å². The molecule has 1 atom stereocenters. The predicted octanol–water partition coefficient (Wildman–Crippen LogP) is 4.57. The number of rotatable bonds is 6. The molecule has 0 spiro atoms. The van der Waals surface area contributed by atoms with Crippen LogP contribution in [0.5, 0.6) is 0 Å². The molecule has 2 nitrogen and oxygen atoms in total. The van der Waals surface area contributed by atoms with Crippen molar-refractivity contribution in [2.75, 3.05) is 0 Å². The molecule has 2 heteroatoms. The summed E-state index contributed by atoms with van der Waals surface area (Å²) in [4.78, 5) is 11.9. The standard InChI is InChI=1S/C17H22O2/c1-2-3-4-5-9-12-15-13-16(17(18)19-15)14-10-7-6-8-11-14/h6-8,10-12,16H,2-5,9,13H2,1H3/b15-12+. The van der Waals surface area contributed by atoms with Crippen molar-refractivity contribution in [2.24, 2.45) is 0 Å². The molecule has 0 saturated carbocycles. The molecule has 1 fully saturated rings. The normalized spacial score (nSPS) is 20.8. The summed E-state index contributed by atoms with van der Waals surface area (Å²) in [5.41, 5.74) is 1.06. The van der Waals surface area contributed by atoms with Gasteiger partial charge in [-0.1, -0.05) is 56.5 Å². The van der Waals surface area contributed by atoms with E-state index in [2.05, 4.69) is 13.0 Å². The van der Waals surface area contributed by atoms with E-state index in [0.717, 1.165) is 24.2 Å². The lowest BCUT2D eigenvalue weighted by Crippen LogP contribution is -2.04. The number of hydrogen-bond acceptors (Lipinski definition) is 2. The first kappa shape index (κ1) is 13.9. The maximum absolute atomic E-state index is 11.9. The minimum atomic E-state index is -0.108. The van der Waals surface area contributed by atoms with Crippen LogP contribution in [0.4, 0.5) is 0 Å². The number of carbonyl (C=O) groups excluding carboxylic acids is 1. The van der Waals surface area contributed by atoms with Gasteiger partial charge in [0, 0.05) is 6.42 Å². The molecule has 19 heavy (non-hydrogen) atoms. The molecule has 0 aliphatic carbocycles. The summed E-state index contributed by atoms with van der Waals surface area (Å²) in [6, 6.07) is 9.89. The Hall–Kier alpha value is -1.57. The van der Waals surface area contributed by atoms with Gasteiger partial charge in [-0.3, -0.25) is 4.79 Å². The number of benzene rings is 1. The van der Waals surface area contributed by atoms with E-state index in [9.17, 15) is 4.79 Å². The average Bonchev–Trinajstić information content (AvgIpc) is 2.81. The summed E-state index contributed by atoms with van der Waals surface area (Å²) in [5.74, 6) is 0.643. The van der Waals surface area contributed by atoms with Gasteiger partial charge in [0.25, 0.3) is 0 Å². The second-order valence-electron chi connectivity index (χ2n) is 5.11. The second-order valence-corrected chi connectivity index (χ2v) is 5.11. The van der Waals surface area contributed by atoms with Crippen LogP contribution < -0.4 is 0 Å². The molecule has 0 aromatic heterocycles. The van der Waals surface area contributed by atoms with Gasteiger partial charge >= 0.3 is 5.97 Å². The highest BCUT2D eigenvalue weighted by atomic mass is 16.5. The van der Waals surface area contributed by atoms with Crippen LogP contribution >= 0.6 is 0 Å². The zero-order valence-corrected chi connectivity index (χ0v) is 11.6. The largest absolute Gasteiger partial charge is 0.431 e. The molecule has 102 valence electrons. The maximum atomic E-state index is 11.9. The first-order valence-electron chi connectivity index (χ1n) is 7.27. The van der Waals surface area contributed by atoms with Crippen LogP contribution in [0.3, 0.4) is 0 Å². The molecule has 1 heterocycles. The van der Waals surface area contributed by atoms with Crippen LogP contribution in [0.25, 0.3) is 0 Å². The third kappa shape index (κ3) is 3.95. The lowest BCUT2D eigenvalue weighted by molar-refractivity contribution is -0.136. The third-order valence-electron chi connectivity index (χ3n) is 3.55. The van der Waals surface area contributed by atoms with E-state index in [1.54, 1.807) is 0 Å². The molecular weight excluding hydrogens is 236 g/mol. The lowest BCUT2D eigenvalue weighted by atomic mass is 9.97. The minimum absolute atomic E-state index is 0.106. The van der Waals surface area contributed by atoms with Gasteiger partial charge in [0.2, 0.25) is 0 Å². The summed E-state index contributed by atoms with van der Waals surface area (Å²) in [7, 11) is 0. The monoisotopic (exact) mass is 258 g/mol. The number of carbonyl (C=O) groups is 1. The van der Waals surface area contributed by atoms with Crippen LogP contribution in [-0.2, 0) is 9.53 Å². The summed E-state index contributed by atoms with van der Waals surface area (Å²) >= 11 is 0. The van der Waals surface area contributed by atoms with Crippen LogP contribution in [0.2, 0.25) is 0 Å². The van der Waals surface area contributed by atoms with Gasteiger partial charge in [-0.05, 0) is 24.5 Å². The van der Waals surface area contributed by atoms with Crippen molar-refractivity contribution in [2.45, 2.75) is 51.4 Å². The SMILES string of the molecule is CCCCCC/C=C1\CC(c2ccccc2)C(=O)O1. The Balaban J connectivity index is 1.87. The number of allylic oxidation sites excluding steroid dienone is 2. The van der Waals surface area contributed by atoms with Gasteiger partial charge < -0.3 is 4.74 Å². The second kappa shape index (κ2) is 7.13. The van der Waals surface area contributed by atoms with E-state index in [-0.39, 0.29) is 11.9 Å². The lowest BCUT2D eigenvalue weighted by Gasteiger charge is -2.03. The summed E-state index contributed by atoms with van der Waals surface area (Å²) < 4.78 is 5.36. The number of hydrogen-bond donors (Lipinski definition) is 0. The van der Waals surface area contributed by atoms with E-state index >= 15 is 0 Å². The zero-order valence-electron chi connectivity index (χ0n) is 11.6. The number of cyclic esters (lactones) is 1. The van der Waals surface area contributed by atoms with Gasteiger partial charge in [0.1, 0.15) is 5.76 Å². The molecule has 1 aromatic rings. The first-order chi connectivity index (χ1) is 9.31. The fourth-order valence-corrected chi connectivity index (χ4v) is 2.42. The molecule has 0 bridgehead atoms. The Kier molecular flexibility index (Phi) is 5.20. The van der Waals surface area contributed by atoms with Crippen molar-refractivity contribution < 1.29 is 9.53 Å². The molecule has 0 radical (unpaired) electrons. The van der Waals surface area contributed by atoms with Gasteiger partial charge in [-0.15, -0.1) is 0 Å². The Bertz CT molecular complexity index is 434. The highest BCUT2D eigenvalue weighted by Crippen LogP contribution is 2.33. The van der Waals surface area contributed by atoms with Crippen molar-refractivity contribution in [3.63, 3.8) is 0 Å². The van der Waals surface area contributed by atoms with Crippen molar-refractivity contribution >= 4 is 5.97 Å². The van der Waals surface area contributed by atoms with Gasteiger partial charge in [0.05, 0.1) is 5.92 Å². The number of esters is 1. The van der Waals surface area contributed by atoms with Crippen molar-refractivity contribution in [3.8, 4) is 0 Å². The molecule has 2 rings (SSSR count). The van der Waals surface area contributed by atoms with E-state index in [1.807, 2.05) is 30.3 Å². The Morgan fingerprint density at radius 2 is 2.00 bits per heavy atom. The summed E-state index contributed by atoms with van der Waals surface area (Å²) in [6.45, 7) is 2.21. The average molecular weight is 258 g/mol. The smallest absolute Gasteiger partial charge is 0.318 e. The molecule has 1 unspecified atom stereocenters. The van der Waals surface area contributed by atoms with Gasteiger partial charge in [-0.25, -0.2) is 0 Å². The van der Waals surface area contributed by atoms with E-state index < -0.39 is 0 Å². The highest BCUT2D eigenvalue weighted by Gasteiger charge is 2.31. The van der Waals surface area contributed by atoms with E-state index in [1.165, 1.54) is 25.7 Å². The van der Waals surface area contributed by atoms with Crippen molar-refractivity contribution in [3.05, 3.63) is 47.7 Å². The van der Waals surface area contributed by atoms with Crippen molar-refractivity contribution in [1.82, 2.24) is 0 Å². The molecule has 1 saturated heterocycles. The Labute approximate surface area is 115 Å². The molecule has 1 aliphatic heterocycles. The van der Waals surface area contributed by atoms with Crippen LogP contribution in [-0.4, -0.2) is 5.97 Å². The summed E-state index contributed by atoms with van der Waals surface area (Å²) in [6.07, 6.45) is 8.82. The molecule has 1 aromatic carbocycles. The van der Waals surface area contributed by atoms with E-state index in [0.29, 0.717) is 0 Å². The summed E-state index contributed by atoms with van der Waals surface area (Å²) in [5, 5.41) is 0. The van der Waals surface area contributed by atoms with Gasteiger partial charge in [0.15, 0.2) is 0 Å². The number of ether oxygens (including phenoxy) is 1.